The van der Waals surface area contributed by atoms with Gasteiger partial charge in [0.05, 0.1) is 16.6 Å². The summed E-state index contributed by atoms with van der Waals surface area (Å²) in [6.45, 7) is 1.41. The highest BCUT2D eigenvalue weighted by atomic mass is 32.1. The first-order chi connectivity index (χ1) is 7.84. The molecular formula is C10H9F3N2OS. The SMILES string of the molecule is CC(C(=O)Nc1ccc(F)c(F)c1F)C(N)=S. The van der Waals surface area contributed by atoms with Gasteiger partial charge in [0.25, 0.3) is 0 Å². The van der Waals surface area contributed by atoms with Gasteiger partial charge in [-0.3, -0.25) is 4.79 Å². The second-order valence-electron chi connectivity index (χ2n) is 3.34. The summed E-state index contributed by atoms with van der Waals surface area (Å²) in [6.07, 6.45) is 0. The number of nitrogens with one attached hydrogen (secondary N) is 1. The van der Waals surface area contributed by atoms with Crippen molar-refractivity contribution in [3.05, 3.63) is 29.6 Å². The standard InChI is InChI=1S/C10H9F3N2OS/c1-4(9(14)17)10(16)15-6-3-2-5(11)7(12)8(6)13/h2-4H,1H3,(H2,14,17)(H,15,16). The first-order valence-electron chi connectivity index (χ1n) is 4.58. The molecule has 0 aliphatic carbocycles. The van der Waals surface area contributed by atoms with Crippen molar-refractivity contribution in [2.24, 2.45) is 11.7 Å². The molecule has 7 heteroatoms. The van der Waals surface area contributed by atoms with E-state index in [9.17, 15) is 18.0 Å². The van der Waals surface area contributed by atoms with E-state index in [0.29, 0.717) is 6.07 Å². The summed E-state index contributed by atoms with van der Waals surface area (Å²) in [4.78, 5) is 11.4. The van der Waals surface area contributed by atoms with Crippen LogP contribution in [0.5, 0.6) is 0 Å². The van der Waals surface area contributed by atoms with Crippen molar-refractivity contribution in [2.75, 3.05) is 5.32 Å². The number of benzene rings is 1. The number of amides is 1. The quantitative estimate of drug-likeness (QED) is 0.646. The van der Waals surface area contributed by atoms with Crippen LogP contribution in [0.2, 0.25) is 0 Å². The van der Waals surface area contributed by atoms with Crippen molar-refractivity contribution in [3.63, 3.8) is 0 Å². The van der Waals surface area contributed by atoms with Crippen LogP contribution < -0.4 is 11.1 Å². The number of halogens is 3. The minimum atomic E-state index is -1.65. The summed E-state index contributed by atoms with van der Waals surface area (Å²) >= 11 is 4.58. The van der Waals surface area contributed by atoms with Gasteiger partial charge in [-0.1, -0.05) is 12.2 Å². The summed E-state index contributed by atoms with van der Waals surface area (Å²) < 4.78 is 38.7. The van der Waals surface area contributed by atoms with Crippen molar-refractivity contribution in [1.82, 2.24) is 0 Å². The molecule has 1 rings (SSSR count). The second kappa shape index (κ2) is 5.13. The van der Waals surface area contributed by atoms with Crippen LogP contribution in [0.1, 0.15) is 6.92 Å². The molecule has 0 aromatic heterocycles. The number of carbonyl (C=O) groups is 1. The van der Waals surface area contributed by atoms with Gasteiger partial charge in [0.1, 0.15) is 0 Å². The monoisotopic (exact) mass is 262 g/mol. The van der Waals surface area contributed by atoms with E-state index in [1.807, 2.05) is 0 Å². The van der Waals surface area contributed by atoms with Gasteiger partial charge in [0.15, 0.2) is 17.5 Å². The van der Waals surface area contributed by atoms with E-state index in [1.54, 1.807) is 0 Å². The van der Waals surface area contributed by atoms with Crippen LogP contribution in [-0.2, 0) is 4.79 Å². The molecule has 3 nitrogen and oxygen atoms in total. The summed E-state index contributed by atoms with van der Waals surface area (Å²) in [6, 6.07) is 1.62. The number of rotatable bonds is 3. The lowest BCUT2D eigenvalue weighted by atomic mass is 10.1. The van der Waals surface area contributed by atoms with Gasteiger partial charge in [-0.2, -0.15) is 0 Å². The fourth-order valence-corrected chi connectivity index (χ4v) is 1.10. The summed E-state index contributed by atoms with van der Waals surface area (Å²) in [5, 5.41) is 2.07. The van der Waals surface area contributed by atoms with Gasteiger partial charge < -0.3 is 11.1 Å². The van der Waals surface area contributed by atoms with Crippen molar-refractivity contribution < 1.29 is 18.0 Å². The highest BCUT2D eigenvalue weighted by Crippen LogP contribution is 2.20. The molecule has 0 aliphatic heterocycles. The zero-order valence-corrected chi connectivity index (χ0v) is 9.58. The molecule has 1 amide bonds. The van der Waals surface area contributed by atoms with E-state index in [-0.39, 0.29) is 4.99 Å². The summed E-state index contributed by atoms with van der Waals surface area (Å²) in [7, 11) is 0. The van der Waals surface area contributed by atoms with Crippen LogP contribution >= 0.6 is 12.2 Å². The Balaban J connectivity index is 2.94. The predicted molar refractivity (Wildman–Crippen MR) is 60.9 cm³/mol. The number of thiocarbonyl (C=S) groups is 1. The molecule has 0 aliphatic rings. The first-order valence-corrected chi connectivity index (χ1v) is 4.99. The lowest BCUT2D eigenvalue weighted by molar-refractivity contribution is -0.117. The minimum Gasteiger partial charge on any atom is -0.393 e. The minimum absolute atomic E-state index is 0.0782. The molecule has 1 aromatic carbocycles. The van der Waals surface area contributed by atoms with Crippen LogP contribution in [0.4, 0.5) is 18.9 Å². The predicted octanol–water partition coefficient (Wildman–Crippen LogP) is 1.96. The smallest absolute Gasteiger partial charge is 0.234 e. The van der Waals surface area contributed by atoms with E-state index in [2.05, 4.69) is 17.5 Å². The van der Waals surface area contributed by atoms with Crippen LogP contribution in [-0.4, -0.2) is 10.9 Å². The molecule has 1 aromatic rings. The number of anilines is 1. The van der Waals surface area contributed by atoms with Crippen molar-refractivity contribution in [2.45, 2.75) is 6.92 Å². The first kappa shape index (κ1) is 13.4. The van der Waals surface area contributed by atoms with Gasteiger partial charge in [-0.05, 0) is 19.1 Å². The van der Waals surface area contributed by atoms with Gasteiger partial charge in [0, 0.05) is 0 Å². The molecule has 0 bridgehead atoms. The van der Waals surface area contributed by atoms with E-state index >= 15 is 0 Å². The molecule has 0 saturated heterocycles. The molecule has 1 atom stereocenters. The number of hydrogen-bond donors (Lipinski definition) is 2. The third-order valence-electron chi connectivity index (χ3n) is 2.11. The van der Waals surface area contributed by atoms with E-state index in [4.69, 9.17) is 5.73 Å². The van der Waals surface area contributed by atoms with Gasteiger partial charge >= 0.3 is 0 Å². The molecule has 17 heavy (non-hydrogen) atoms. The normalized spacial score (nSPS) is 12.0. The Morgan fingerprint density at radius 2 is 1.94 bits per heavy atom. The average molecular weight is 262 g/mol. The van der Waals surface area contributed by atoms with Crippen LogP contribution in [0.3, 0.4) is 0 Å². The van der Waals surface area contributed by atoms with Crippen LogP contribution in [0.15, 0.2) is 12.1 Å². The maximum atomic E-state index is 13.2. The molecule has 3 N–H and O–H groups in total. The fourth-order valence-electron chi connectivity index (χ4n) is 0.993. The Bertz CT molecular complexity index is 479. The maximum Gasteiger partial charge on any atom is 0.234 e. The number of carbonyl (C=O) groups excluding carboxylic acids is 1. The molecular weight excluding hydrogens is 253 g/mol. The van der Waals surface area contributed by atoms with E-state index in [1.165, 1.54) is 6.92 Å². The average Bonchev–Trinajstić information content (AvgIpc) is 2.28. The molecule has 1 unspecified atom stereocenters. The van der Waals surface area contributed by atoms with Gasteiger partial charge in [-0.25, -0.2) is 13.2 Å². The molecule has 0 radical (unpaired) electrons. The zero-order valence-electron chi connectivity index (χ0n) is 8.76. The third kappa shape index (κ3) is 2.94. The van der Waals surface area contributed by atoms with Gasteiger partial charge in [0.2, 0.25) is 5.91 Å². The molecule has 92 valence electrons. The Morgan fingerprint density at radius 3 is 2.47 bits per heavy atom. The highest BCUT2D eigenvalue weighted by Gasteiger charge is 2.19. The van der Waals surface area contributed by atoms with Crippen molar-refractivity contribution in [1.29, 1.82) is 0 Å². The van der Waals surface area contributed by atoms with E-state index in [0.717, 1.165) is 6.07 Å². The Morgan fingerprint density at radius 1 is 1.35 bits per heavy atom. The van der Waals surface area contributed by atoms with Crippen molar-refractivity contribution >= 4 is 28.8 Å². The number of nitrogens with two attached hydrogens (primary N) is 1. The Labute approximate surface area is 101 Å². The second-order valence-corrected chi connectivity index (χ2v) is 3.81. The highest BCUT2D eigenvalue weighted by molar-refractivity contribution is 7.80. The maximum absolute atomic E-state index is 13.2. The lowest BCUT2D eigenvalue weighted by Gasteiger charge is -2.11. The van der Waals surface area contributed by atoms with Gasteiger partial charge in [-0.15, -0.1) is 0 Å². The largest absolute Gasteiger partial charge is 0.393 e. The Hall–Kier alpha value is -1.63. The Kier molecular flexibility index (Phi) is 4.06. The molecule has 0 fully saturated rings. The van der Waals surface area contributed by atoms with Crippen LogP contribution in [0, 0.1) is 23.4 Å². The summed E-state index contributed by atoms with van der Waals surface area (Å²) in [5.41, 5.74) is 4.76. The lowest BCUT2D eigenvalue weighted by Crippen LogP contribution is -2.31. The van der Waals surface area contributed by atoms with Crippen molar-refractivity contribution in [3.8, 4) is 0 Å². The van der Waals surface area contributed by atoms with E-state index < -0.39 is 35.0 Å². The number of hydrogen-bond acceptors (Lipinski definition) is 2. The topological polar surface area (TPSA) is 55.1 Å². The fraction of sp³-hybridized carbons (Fsp3) is 0.200. The third-order valence-corrected chi connectivity index (χ3v) is 2.47. The molecule has 0 spiro atoms. The molecule has 0 heterocycles. The molecule has 0 saturated carbocycles. The van der Waals surface area contributed by atoms with Crippen LogP contribution in [0.25, 0.3) is 0 Å². The zero-order chi connectivity index (χ0) is 13.2. The summed E-state index contributed by atoms with van der Waals surface area (Å²) in [5.74, 6) is -5.97.